The van der Waals surface area contributed by atoms with Crippen LogP contribution in [-0.4, -0.2) is 24.5 Å². The van der Waals surface area contributed by atoms with Crippen LogP contribution in [0.4, 0.5) is 0 Å². The van der Waals surface area contributed by atoms with Crippen LogP contribution in [0.15, 0.2) is 18.2 Å². The van der Waals surface area contributed by atoms with Gasteiger partial charge in [0, 0.05) is 5.56 Å². The van der Waals surface area contributed by atoms with Crippen molar-refractivity contribution in [3.63, 3.8) is 0 Å². The molecular formula is C12H10Cl2N2O3. The Labute approximate surface area is 120 Å². The van der Waals surface area contributed by atoms with Gasteiger partial charge in [0.25, 0.3) is 5.91 Å². The van der Waals surface area contributed by atoms with E-state index < -0.39 is 18.0 Å². The zero-order valence-corrected chi connectivity index (χ0v) is 11.5. The van der Waals surface area contributed by atoms with Crippen molar-refractivity contribution in [3.05, 3.63) is 33.8 Å². The molecule has 19 heavy (non-hydrogen) atoms. The maximum Gasteiger partial charge on any atom is 0.326 e. The van der Waals surface area contributed by atoms with E-state index >= 15 is 0 Å². The highest BCUT2D eigenvalue weighted by atomic mass is 35.5. The minimum absolute atomic E-state index is 0.245. The van der Waals surface area contributed by atoms with Crippen LogP contribution >= 0.6 is 23.2 Å². The molecule has 0 aliphatic carbocycles. The van der Waals surface area contributed by atoms with Gasteiger partial charge in [0.15, 0.2) is 6.10 Å². The molecule has 5 nitrogen and oxygen atoms in total. The number of benzene rings is 1. The molecule has 0 radical (unpaired) electrons. The van der Waals surface area contributed by atoms with E-state index in [0.29, 0.717) is 5.02 Å². The molecule has 0 unspecified atom stereocenters. The van der Waals surface area contributed by atoms with E-state index in [1.54, 1.807) is 6.07 Å². The number of nitriles is 1. The first kappa shape index (κ1) is 15.3. The van der Waals surface area contributed by atoms with Crippen LogP contribution in [0.25, 0.3) is 0 Å². The first-order chi connectivity index (χ1) is 8.93. The van der Waals surface area contributed by atoms with Gasteiger partial charge in [0.2, 0.25) is 0 Å². The minimum Gasteiger partial charge on any atom is -0.446 e. The molecule has 0 saturated carbocycles. The first-order valence-corrected chi connectivity index (χ1v) is 6.02. The van der Waals surface area contributed by atoms with Crippen LogP contribution in [0, 0.1) is 11.3 Å². The predicted octanol–water partition coefficient (Wildman–Crippen LogP) is 2.18. The number of carbonyl (C=O) groups excluding carboxylic acids is 2. The lowest BCUT2D eigenvalue weighted by Gasteiger charge is -2.07. The second-order valence-corrected chi connectivity index (χ2v) is 4.39. The topological polar surface area (TPSA) is 79.2 Å². The number of amides is 1. The van der Waals surface area contributed by atoms with Crippen molar-refractivity contribution in [2.75, 3.05) is 6.54 Å². The Balaban J connectivity index is 2.54. The number of carbonyl (C=O) groups is 2. The van der Waals surface area contributed by atoms with Crippen LogP contribution in [0.5, 0.6) is 0 Å². The van der Waals surface area contributed by atoms with Crippen LogP contribution < -0.4 is 5.32 Å². The van der Waals surface area contributed by atoms with Gasteiger partial charge in [-0.3, -0.25) is 9.59 Å². The fourth-order valence-electron chi connectivity index (χ4n) is 1.16. The molecule has 1 rings (SSSR count). The molecule has 0 saturated heterocycles. The normalized spacial score (nSPS) is 11.3. The van der Waals surface area contributed by atoms with Crippen molar-refractivity contribution in [3.8, 4) is 6.07 Å². The van der Waals surface area contributed by atoms with Gasteiger partial charge in [0.1, 0.15) is 12.6 Å². The highest BCUT2D eigenvalue weighted by Crippen LogP contribution is 2.22. The molecule has 0 heterocycles. The van der Waals surface area contributed by atoms with E-state index in [1.165, 1.54) is 25.1 Å². The van der Waals surface area contributed by atoms with Crippen molar-refractivity contribution in [2.24, 2.45) is 0 Å². The van der Waals surface area contributed by atoms with Gasteiger partial charge in [-0.2, -0.15) is 5.26 Å². The summed E-state index contributed by atoms with van der Waals surface area (Å²) in [5.41, 5.74) is 0.274. The summed E-state index contributed by atoms with van der Waals surface area (Å²) in [5, 5.41) is 11.4. The van der Waals surface area contributed by atoms with E-state index in [4.69, 9.17) is 28.5 Å². The summed E-state index contributed by atoms with van der Waals surface area (Å²) in [5.74, 6) is -1.18. The Kier molecular flexibility index (Phi) is 5.61. The summed E-state index contributed by atoms with van der Waals surface area (Å²) in [7, 11) is 0. The lowest BCUT2D eigenvalue weighted by molar-refractivity contribution is -0.144. The van der Waals surface area contributed by atoms with Crippen LogP contribution in [0.2, 0.25) is 10.0 Å². The standard InChI is InChI=1S/C12H10Cl2N2O3/c1-7(5-15)19-11(17)6-16-12(18)8-2-3-9(13)10(14)4-8/h2-4,7H,6H2,1H3,(H,16,18)/t7-/m0/s1. The molecule has 0 spiro atoms. The molecule has 0 bridgehead atoms. The lowest BCUT2D eigenvalue weighted by Crippen LogP contribution is -2.31. The Hall–Kier alpha value is -1.77. The summed E-state index contributed by atoms with van der Waals surface area (Å²) in [6.45, 7) is 1.10. The van der Waals surface area contributed by atoms with E-state index in [-0.39, 0.29) is 17.1 Å². The molecule has 1 aromatic carbocycles. The molecule has 1 atom stereocenters. The maximum absolute atomic E-state index is 11.7. The van der Waals surface area contributed by atoms with E-state index in [2.05, 4.69) is 10.1 Å². The van der Waals surface area contributed by atoms with Gasteiger partial charge in [-0.1, -0.05) is 23.2 Å². The molecule has 1 N–H and O–H groups in total. The van der Waals surface area contributed by atoms with E-state index in [0.717, 1.165) is 0 Å². The molecule has 0 aliphatic rings. The highest BCUT2D eigenvalue weighted by Gasteiger charge is 2.12. The molecule has 1 aromatic rings. The van der Waals surface area contributed by atoms with Crippen LogP contribution in [0.1, 0.15) is 17.3 Å². The number of nitrogens with one attached hydrogen (secondary N) is 1. The van der Waals surface area contributed by atoms with Crippen molar-refractivity contribution in [2.45, 2.75) is 13.0 Å². The molecule has 100 valence electrons. The Morgan fingerprint density at radius 1 is 1.42 bits per heavy atom. The lowest BCUT2D eigenvalue weighted by atomic mass is 10.2. The summed E-state index contributed by atoms with van der Waals surface area (Å²) in [6, 6.07) is 6.09. The smallest absolute Gasteiger partial charge is 0.326 e. The Morgan fingerprint density at radius 3 is 2.68 bits per heavy atom. The van der Waals surface area contributed by atoms with Crippen LogP contribution in [0.3, 0.4) is 0 Å². The Bertz CT molecular complexity index is 540. The zero-order valence-electron chi connectivity index (χ0n) is 9.94. The summed E-state index contributed by atoms with van der Waals surface area (Å²) in [4.78, 5) is 22.9. The quantitative estimate of drug-likeness (QED) is 0.864. The number of rotatable bonds is 4. The number of halogens is 2. The summed E-state index contributed by atoms with van der Waals surface area (Å²) < 4.78 is 4.67. The fraction of sp³-hybridized carbons (Fsp3) is 0.250. The monoisotopic (exact) mass is 300 g/mol. The van der Waals surface area contributed by atoms with Gasteiger partial charge in [-0.15, -0.1) is 0 Å². The van der Waals surface area contributed by atoms with E-state index in [1.807, 2.05) is 0 Å². The van der Waals surface area contributed by atoms with Gasteiger partial charge in [0.05, 0.1) is 10.0 Å². The molecule has 7 heteroatoms. The van der Waals surface area contributed by atoms with E-state index in [9.17, 15) is 9.59 Å². The number of nitrogens with zero attached hydrogens (tertiary/aromatic N) is 1. The Morgan fingerprint density at radius 2 is 2.11 bits per heavy atom. The predicted molar refractivity (Wildman–Crippen MR) is 70.0 cm³/mol. The third-order valence-corrected chi connectivity index (χ3v) is 2.80. The molecule has 0 aliphatic heterocycles. The van der Waals surface area contributed by atoms with Crippen molar-refractivity contribution in [1.82, 2.24) is 5.32 Å². The number of hydrogen-bond donors (Lipinski definition) is 1. The average molecular weight is 301 g/mol. The molecule has 0 fully saturated rings. The van der Waals surface area contributed by atoms with Gasteiger partial charge >= 0.3 is 5.97 Å². The minimum atomic E-state index is -0.852. The SMILES string of the molecule is C[C@@H](C#N)OC(=O)CNC(=O)c1ccc(Cl)c(Cl)c1. The molecular weight excluding hydrogens is 291 g/mol. The number of esters is 1. The fourth-order valence-corrected chi connectivity index (χ4v) is 1.46. The van der Waals surface area contributed by atoms with Crippen molar-refractivity contribution >= 4 is 35.1 Å². The third kappa shape index (κ3) is 4.78. The van der Waals surface area contributed by atoms with Gasteiger partial charge in [-0.25, -0.2) is 0 Å². The maximum atomic E-state index is 11.7. The first-order valence-electron chi connectivity index (χ1n) is 5.26. The number of ether oxygens (including phenoxy) is 1. The second kappa shape index (κ2) is 6.98. The summed E-state index contributed by atoms with van der Waals surface area (Å²) >= 11 is 11.5. The van der Waals surface area contributed by atoms with Crippen molar-refractivity contribution < 1.29 is 14.3 Å². The van der Waals surface area contributed by atoms with Crippen LogP contribution in [-0.2, 0) is 9.53 Å². The highest BCUT2D eigenvalue weighted by molar-refractivity contribution is 6.42. The average Bonchev–Trinajstić information content (AvgIpc) is 2.39. The van der Waals surface area contributed by atoms with Crippen molar-refractivity contribution in [1.29, 1.82) is 5.26 Å². The molecule has 0 aromatic heterocycles. The number of hydrogen-bond acceptors (Lipinski definition) is 4. The summed E-state index contributed by atoms with van der Waals surface area (Å²) in [6.07, 6.45) is -0.852. The molecule has 1 amide bonds. The van der Waals surface area contributed by atoms with Gasteiger partial charge in [-0.05, 0) is 25.1 Å². The zero-order chi connectivity index (χ0) is 14.4. The third-order valence-electron chi connectivity index (χ3n) is 2.07. The largest absolute Gasteiger partial charge is 0.446 e. The van der Waals surface area contributed by atoms with Gasteiger partial charge < -0.3 is 10.1 Å². The second-order valence-electron chi connectivity index (χ2n) is 3.57.